The minimum Gasteiger partial charge on any atom is -0.486 e. The first-order valence-corrected chi connectivity index (χ1v) is 8.57. The zero-order valence-electron chi connectivity index (χ0n) is 14.2. The molecule has 0 radical (unpaired) electrons. The normalized spacial score (nSPS) is 22.3. The molecule has 2 aromatic heterocycles. The summed E-state index contributed by atoms with van der Waals surface area (Å²) in [6.07, 6.45) is 5.93. The van der Waals surface area contributed by atoms with Gasteiger partial charge in [0.15, 0.2) is 5.69 Å². The van der Waals surface area contributed by atoms with Crippen LogP contribution in [0.3, 0.4) is 0 Å². The highest BCUT2D eigenvalue weighted by molar-refractivity contribution is 5.92. The quantitative estimate of drug-likeness (QED) is 0.850. The first-order chi connectivity index (χ1) is 12.1. The third-order valence-corrected chi connectivity index (χ3v) is 4.92. The SMILES string of the molecule is Cc1cc(C(=O)N2CCC3(CC2)C[C@H](Oc2cccnc2)CO3)no1. The Labute approximate surface area is 145 Å². The number of carbonyl (C=O) groups is 1. The lowest BCUT2D eigenvalue weighted by Gasteiger charge is -2.38. The Balaban J connectivity index is 1.33. The number of aryl methyl sites for hydroxylation is 1. The Hall–Kier alpha value is -2.41. The van der Waals surface area contributed by atoms with E-state index in [9.17, 15) is 4.79 Å². The van der Waals surface area contributed by atoms with Gasteiger partial charge in [-0.05, 0) is 31.9 Å². The summed E-state index contributed by atoms with van der Waals surface area (Å²) < 4.78 is 17.0. The van der Waals surface area contributed by atoms with Crippen LogP contribution in [0.15, 0.2) is 35.1 Å². The van der Waals surface area contributed by atoms with Gasteiger partial charge >= 0.3 is 0 Å². The predicted octanol–water partition coefficient (Wildman–Crippen LogP) is 2.22. The van der Waals surface area contributed by atoms with Gasteiger partial charge in [0.1, 0.15) is 17.6 Å². The second-order valence-corrected chi connectivity index (χ2v) is 6.74. The number of hydrogen-bond acceptors (Lipinski definition) is 6. The molecule has 0 bridgehead atoms. The summed E-state index contributed by atoms with van der Waals surface area (Å²) in [6.45, 7) is 3.67. The smallest absolute Gasteiger partial charge is 0.276 e. The van der Waals surface area contributed by atoms with Crippen molar-refractivity contribution in [1.29, 1.82) is 0 Å². The van der Waals surface area contributed by atoms with E-state index in [0.29, 0.717) is 31.2 Å². The Morgan fingerprint density at radius 3 is 2.92 bits per heavy atom. The van der Waals surface area contributed by atoms with Crippen LogP contribution in [0.5, 0.6) is 5.75 Å². The first-order valence-electron chi connectivity index (χ1n) is 8.57. The van der Waals surface area contributed by atoms with Crippen molar-refractivity contribution >= 4 is 5.91 Å². The first kappa shape index (κ1) is 16.1. The lowest BCUT2D eigenvalue weighted by Crippen LogP contribution is -2.46. The van der Waals surface area contributed by atoms with Crippen molar-refractivity contribution < 1.29 is 18.8 Å². The molecule has 4 heterocycles. The number of aromatic nitrogens is 2. The van der Waals surface area contributed by atoms with E-state index < -0.39 is 0 Å². The van der Waals surface area contributed by atoms with E-state index in [1.807, 2.05) is 17.0 Å². The Bertz CT molecular complexity index is 738. The van der Waals surface area contributed by atoms with Crippen LogP contribution in [-0.2, 0) is 4.74 Å². The minimum atomic E-state index is -0.191. The van der Waals surface area contributed by atoms with Gasteiger partial charge in [-0.2, -0.15) is 0 Å². The monoisotopic (exact) mass is 343 g/mol. The van der Waals surface area contributed by atoms with E-state index in [0.717, 1.165) is 25.0 Å². The minimum absolute atomic E-state index is 0.0321. The van der Waals surface area contributed by atoms with Crippen molar-refractivity contribution in [1.82, 2.24) is 15.0 Å². The molecule has 25 heavy (non-hydrogen) atoms. The molecule has 0 aliphatic carbocycles. The second-order valence-electron chi connectivity index (χ2n) is 6.74. The van der Waals surface area contributed by atoms with Crippen LogP contribution in [0.25, 0.3) is 0 Å². The molecular weight excluding hydrogens is 322 g/mol. The fraction of sp³-hybridized carbons (Fsp3) is 0.500. The topological polar surface area (TPSA) is 77.7 Å². The van der Waals surface area contributed by atoms with Crippen molar-refractivity contribution in [3.8, 4) is 5.75 Å². The molecule has 0 unspecified atom stereocenters. The molecule has 2 fully saturated rings. The summed E-state index contributed by atoms with van der Waals surface area (Å²) in [6, 6.07) is 5.44. The number of amides is 1. The highest BCUT2D eigenvalue weighted by Crippen LogP contribution is 2.37. The molecule has 2 aliphatic heterocycles. The molecule has 0 saturated carbocycles. The summed E-state index contributed by atoms with van der Waals surface area (Å²) in [4.78, 5) is 18.3. The van der Waals surface area contributed by atoms with E-state index in [2.05, 4.69) is 10.1 Å². The largest absolute Gasteiger partial charge is 0.486 e. The summed E-state index contributed by atoms with van der Waals surface area (Å²) >= 11 is 0. The highest BCUT2D eigenvalue weighted by atomic mass is 16.6. The number of hydrogen-bond donors (Lipinski definition) is 0. The van der Waals surface area contributed by atoms with Crippen molar-refractivity contribution in [3.63, 3.8) is 0 Å². The number of rotatable bonds is 3. The van der Waals surface area contributed by atoms with Crippen LogP contribution in [0.1, 0.15) is 35.5 Å². The number of piperidine rings is 1. The second kappa shape index (κ2) is 6.48. The predicted molar refractivity (Wildman–Crippen MR) is 88.3 cm³/mol. The molecule has 7 heteroatoms. The van der Waals surface area contributed by atoms with E-state index >= 15 is 0 Å². The van der Waals surface area contributed by atoms with Gasteiger partial charge in [-0.3, -0.25) is 9.78 Å². The lowest BCUT2D eigenvalue weighted by atomic mass is 9.88. The van der Waals surface area contributed by atoms with Gasteiger partial charge in [-0.15, -0.1) is 0 Å². The molecule has 0 aromatic carbocycles. The number of pyridine rings is 1. The maximum Gasteiger partial charge on any atom is 0.276 e. The summed E-state index contributed by atoms with van der Waals surface area (Å²) in [5.41, 5.74) is 0.183. The fourth-order valence-electron chi connectivity index (χ4n) is 3.58. The van der Waals surface area contributed by atoms with Crippen LogP contribution in [0.2, 0.25) is 0 Å². The van der Waals surface area contributed by atoms with Gasteiger partial charge in [0.25, 0.3) is 5.91 Å². The van der Waals surface area contributed by atoms with E-state index in [4.69, 9.17) is 14.0 Å². The molecule has 1 spiro atoms. The average Bonchev–Trinajstić information content (AvgIpc) is 3.23. The number of carbonyl (C=O) groups excluding carboxylic acids is 1. The van der Waals surface area contributed by atoms with Gasteiger partial charge in [0.05, 0.1) is 18.4 Å². The molecule has 2 saturated heterocycles. The summed E-state index contributed by atoms with van der Waals surface area (Å²) in [5.74, 6) is 1.33. The summed E-state index contributed by atoms with van der Waals surface area (Å²) in [5, 5.41) is 3.82. The van der Waals surface area contributed by atoms with E-state index in [1.54, 1.807) is 25.4 Å². The van der Waals surface area contributed by atoms with Gasteiger partial charge < -0.3 is 18.9 Å². The Kier molecular flexibility index (Phi) is 4.17. The maximum absolute atomic E-state index is 12.5. The fourth-order valence-corrected chi connectivity index (χ4v) is 3.58. The third-order valence-electron chi connectivity index (χ3n) is 4.92. The van der Waals surface area contributed by atoms with Crippen molar-refractivity contribution in [2.75, 3.05) is 19.7 Å². The molecule has 132 valence electrons. The molecule has 7 nitrogen and oxygen atoms in total. The van der Waals surface area contributed by atoms with E-state index in [-0.39, 0.29) is 17.6 Å². The van der Waals surface area contributed by atoms with Crippen molar-refractivity contribution in [2.45, 2.75) is 37.9 Å². The molecule has 2 aromatic rings. The third kappa shape index (κ3) is 3.37. The van der Waals surface area contributed by atoms with Crippen LogP contribution >= 0.6 is 0 Å². The van der Waals surface area contributed by atoms with Crippen LogP contribution < -0.4 is 4.74 Å². The lowest BCUT2D eigenvalue weighted by molar-refractivity contribution is -0.0397. The summed E-state index contributed by atoms with van der Waals surface area (Å²) in [7, 11) is 0. The van der Waals surface area contributed by atoms with E-state index in [1.165, 1.54) is 0 Å². The van der Waals surface area contributed by atoms with Gasteiger partial charge in [-0.25, -0.2) is 0 Å². The van der Waals surface area contributed by atoms with Gasteiger partial charge in [0, 0.05) is 31.8 Å². The highest BCUT2D eigenvalue weighted by Gasteiger charge is 2.44. The number of ether oxygens (including phenoxy) is 2. The standard InChI is InChI=1S/C18H21N3O4/c1-13-9-16(20-25-13)17(22)21-7-4-18(5-8-21)10-15(12-23-18)24-14-3-2-6-19-11-14/h2-3,6,9,11,15H,4-5,7-8,10,12H2,1H3/t15-/m0/s1. The zero-order valence-corrected chi connectivity index (χ0v) is 14.2. The molecule has 1 amide bonds. The molecule has 2 aliphatic rings. The number of nitrogens with zero attached hydrogens (tertiary/aromatic N) is 3. The van der Waals surface area contributed by atoms with Crippen molar-refractivity contribution in [2.24, 2.45) is 0 Å². The molecule has 1 atom stereocenters. The molecule has 0 N–H and O–H groups in total. The molecular formula is C18H21N3O4. The van der Waals surface area contributed by atoms with Crippen LogP contribution in [-0.4, -0.2) is 52.3 Å². The number of likely N-dealkylation sites (tertiary alicyclic amines) is 1. The Morgan fingerprint density at radius 1 is 1.40 bits per heavy atom. The van der Waals surface area contributed by atoms with Gasteiger partial charge in [-0.1, -0.05) is 5.16 Å². The van der Waals surface area contributed by atoms with Gasteiger partial charge in [0.2, 0.25) is 0 Å². The maximum atomic E-state index is 12.5. The Morgan fingerprint density at radius 2 is 2.24 bits per heavy atom. The van der Waals surface area contributed by atoms with Crippen LogP contribution in [0, 0.1) is 6.92 Å². The average molecular weight is 343 g/mol. The van der Waals surface area contributed by atoms with Crippen molar-refractivity contribution in [3.05, 3.63) is 42.0 Å². The molecule has 4 rings (SSSR count). The van der Waals surface area contributed by atoms with Crippen LogP contribution in [0.4, 0.5) is 0 Å². The zero-order chi connectivity index (χ0) is 17.3.